The van der Waals surface area contributed by atoms with Crippen LogP contribution in [0.2, 0.25) is 0 Å². The fourth-order valence-electron chi connectivity index (χ4n) is 0.826. The van der Waals surface area contributed by atoms with Crippen molar-refractivity contribution in [2.24, 2.45) is 0 Å². The van der Waals surface area contributed by atoms with Crippen molar-refractivity contribution in [2.75, 3.05) is 0 Å². The van der Waals surface area contributed by atoms with Gasteiger partial charge in [-0.25, -0.2) is 9.97 Å². The molecule has 1 heterocycles. The van der Waals surface area contributed by atoms with Crippen LogP contribution in [0.25, 0.3) is 0 Å². The van der Waals surface area contributed by atoms with Crippen LogP contribution in [0.15, 0.2) is 11.2 Å². The van der Waals surface area contributed by atoms with E-state index in [-0.39, 0.29) is 5.16 Å². The fourth-order valence-corrected chi connectivity index (χ4v) is 1.38. The second kappa shape index (κ2) is 3.80. The highest BCUT2D eigenvalue weighted by Crippen LogP contribution is 2.21. The van der Waals surface area contributed by atoms with E-state index in [4.69, 9.17) is 0 Å². The van der Waals surface area contributed by atoms with Crippen molar-refractivity contribution in [2.45, 2.75) is 24.8 Å². The van der Waals surface area contributed by atoms with E-state index in [1.54, 1.807) is 19.9 Å². The molecule has 0 aliphatic rings. The number of hydrogen-bond donors (Lipinski definition) is 0. The van der Waals surface area contributed by atoms with Crippen molar-refractivity contribution in [3.63, 3.8) is 0 Å². The van der Waals surface area contributed by atoms with Gasteiger partial charge in [0.2, 0.25) is 0 Å². The van der Waals surface area contributed by atoms with E-state index in [0.717, 1.165) is 0 Å². The second-order valence-corrected chi connectivity index (χ2v) is 3.27. The van der Waals surface area contributed by atoms with Gasteiger partial charge in [0.1, 0.15) is 0 Å². The van der Waals surface area contributed by atoms with Gasteiger partial charge >= 0.3 is 0 Å². The number of hydrogen-bond acceptors (Lipinski definition) is 3. The van der Waals surface area contributed by atoms with Crippen molar-refractivity contribution in [3.05, 3.63) is 17.5 Å². The smallest absolute Gasteiger partial charge is 0.228 e. The third-order valence-electron chi connectivity index (χ3n) is 1.16. The number of rotatable bonds is 2. The summed E-state index contributed by atoms with van der Waals surface area (Å²) in [6.07, 6.45) is 0. The third-order valence-corrected chi connectivity index (χ3v) is 1.73. The molecule has 0 bridgehead atoms. The summed E-state index contributed by atoms with van der Waals surface area (Å²) in [5, 5.41) is 0.141. The first-order chi connectivity index (χ1) is 5.58. The Morgan fingerprint density at radius 2 is 1.75 bits per heavy atom. The number of aromatic nitrogens is 2. The monoisotopic (exact) mass is 190 g/mol. The fraction of sp³-hybridized carbons (Fsp3) is 0.429. The van der Waals surface area contributed by atoms with Crippen LogP contribution in [0.1, 0.15) is 11.4 Å². The molecule has 0 saturated carbocycles. The molecule has 0 unspecified atom stereocenters. The van der Waals surface area contributed by atoms with Crippen LogP contribution < -0.4 is 0 Å². The third kappa shape index (κ3) is 2.73. The van der Waals surface area contributed by atoms with Crippen molar-refractivity contribution < 1.29 is 8.78 Å². The topological polar surface area (TPSA) is 25.8 Å². The van der Waals surface area contributed by atoms with Crippen molar-refractivity contribution in [1.82, 2.24) is 9.97 Å². The molecule has 1 aromatic heterocycles. The molecule has 1 aromatic rings. The summed E-state index contributed by atoms with van der Waals surface area (Å²) in [5.41, 5.74) is 1.43. The summed E-state index contributed by atoms with van der Waals surface area (Å²) < 4.78 is 23.7. The van der Waals surface area contributed by atoms with Gasteiger partial charge in [0, 0.05) is 11.4 Å². The van der Waals surface area contributed by atoms with Crippen LogP contribution in [0.5, 0.6) is 0 Å². The average Bonchev–Trinajstić information content (AvgIpc) is 1.81. The second-order valence-electron chi connectivity index (χ2n) is 2.31. The SMILES string of the molecule is Cc1cc(C)nc(SC(F)F)n1. The highest BCUT2D eigenvalue weighted by Gasteiger charge is 2.08. The molecule has 66 valence electrons. The maximum Gasteiger partial charge on any atom is 0.291 e. The molecule has 12 heavy (non-hydrogen) atoms. The first-order valence-electron chi connectivity index (χ1n) is 3.35. The predicted molar refractivity (Wildman–Crippen MR) is 43.4 cm³/mol. The van der Waals surface area contributed by atoms with Crippen LogP contribution in [0, 0.1) is 13.8 Å². The summed E-state index contributed by atoms with van der Waals surface area (Å²) in [6, 6.07) is 1.75. The van der Waals surface area contributed by atoms with Crippen molar-refractivity contribution in [3.8, 4) is 0 Å². The van der Waals surface area contributed by atoms with Crippen LogP contribution in [0.3, 0.4) is 0 Å². The molecule has 0 aliphatic heterocycles. The quantitative estimate of drug-likeness (QED) is 0.529. The van der Waals surface area contributed by atoms with Crippen LogP contribution in [-0.2, 0) is 0 Å². The van der Waals surface area contributed by atoms with Gasteiger partial charge in [-0.15, -0.1) is 0 Å². The van der Waals surface area contributed by atoms with E-state index in [2.05, 4.69) is 9.97 Å². The lowest BCUT2D eigenvalue weighted by Crippen LogP contribution is -1.94. The van der Waals surface area contributed by atoms with Gasteiger partial charge in [-0.3, -0.25) is 0 Å². The highest BCUT2D eigenvalue weighted by atomic mass is 32.2. The molecule has 0 aromatic carbocycles. The lowest BCUT2D eigenvalue weighted by atomic mass is 10.4. The maximum absolute atomic E-state index is 11.9. The molecule has 0 amide bonds. The first-order valence-corrected chi connectivity index (χ1v) is 4.23. The number of aryl methyl sites for hydroxylation is 2. The lowest BCUT2D eigenvalue weighted by molar-refractivity contribution is 0.251. The van der Waals surface area contributed by atoms with Gasteiger partial charge in [-0.2, -0.15) is 8.78 Å². The maximum atomic E-state index is 11.9. The zero-order valence-corrected chi connectivity index (χ0v) is 7.53. The molecule has 0 atom stereocenters. The number of nitrogens with zero attached hydrogens (tertiary/aromatic N) is 2. The van der Waals surface area contributed by atoms with Gasteiger partial charge in [-0.1, -0.05) is 0 Å². The standard InChI is InChI=1S/C7H8F2N2S/c1-4-3-5(2)11-7(10-4)12-6(8)9/h3,6H,1-2H3. The summed E-state index contributed by atoms with van der Waals surface area (Å²) in [6.45, 7) is 3.51. The minimum absolute atomic E-state index is 0.141. The molecule has 0 radical (unpaired) electrons. The summed E-state index contributed by atoms with van der Waals surface area (Å²) in [4.78, 5) is 7.69. The Hall–Kier alpha value is -0.710. The Labute approximate surface area is 73.4 Å². The highest BCUT2D eigenvalue weighted by molar-refractivity contribution is 7.99. The molecule has 0 N–H and O–H groups in total. The predicted octanol–water partition coefficient (Wildman–Crippen LogP) is 2.41. The Kier molecular flexibility index (Phi) is 2.97. The minimum Gasteiger partial charge on any atom is -0.228 e. The summed E-state index contributed by atoms with van der Waals surface area (Å²) >= 11 is 0.371. The van der Waals surface area contributed by atoms with E-state index < -0.39 is 5.76 Å². The Bertz CT molecular complexity index is 258. The molecular weight excluding hydrogens is 182 g/mol. The van der Waals surface area contributed by atoms with E-state index in [0.29, 0.717) is 23.1 Å². The van der Waals surface area contributed by atoms with E-state index in [9.17, 15) is 8.78 Å². The lowest BCUT2D eigenvalue weighted by Gasteiger charge is -2.00. The Balaban J connectivity index is 2.85. The number of thioether (sulfide) groups is 1. The van der Waals surface area contributed by atoms with Crippen molar-refractivity contribution >= 4 is 11.8 Å². The molecule has 2 nitrogen and oxygen atoms in total. The largest absolute Gasteiger partial charge is 0.291 e. The molecule has 0 spiro atoms. The van der Waals surface area contributed by atoms with Crippen LogP contribution in [-0.4, -0.2) is 15.7 Å². The average molecular weight is 190 g/mol. The molecule has 0 saturated heterocycles. The zero-order valence-electron chi connectivity index (χ0n) is 6.71. The summed E-state index contributed by atoms with van der Waals surface area (Å²) in [5.74, 6) is -2.45. The minimum atomic E-state index is -2.45. The molecule has 0 fully saturated rings. The summed E-state index contributed by atoms with van der Waals surface area (Å²) in [7, 11) is 0. The Morgan fingerprint density at radius 1 is 1.25 bits per heavy atom. The Morgan fingerprint density at radius 3 is 2.17 bits per heavy atom. The molecule has 1 rings (SSSR count). The normalized spacial score (nSPS) is 10.8. The molecule has 0 aliphatic carbocycles. The van der Waals surface area contributed by atoms with E-state index >= 15 is 0 Å². The van der Waals surface area contributed by atoms with Gasteiger partial charge in [-0.05, 0) is 31.7 Å². The number of halogens is 2. The zero-order chi connectivity index (χ0) is 9.14. The molecular formula is C7H8F2N2S. The van der Waals surface area contributed by atoms with E-state index in [1.807, 2.05) is 0 Å². The van der Waals surface area contributed by atoms with Crippen LogP contribution in [0.4, 0.5) is 8.78 Å². The van der Waals surface area contributed by atoms with E-state index in [1.165, 1.54) is 0 Å². The van der Waals surface area contributed by atoms with Gasteiger partial charge in [0.25, 0.3) is 5.76 Å². The number of alkyl halides is 2. The molecule has 5 heteroatoms. The van der Waals surface area contributed by atoms with Crippen molar-refractivity contribution in [1.29, 1.82) is 0 Å². The van der Waals surface area contributed by atoms with Gasteiger partial charge in [0.05, 0.1) is 0 Å². The van der Waals surface area contributed by atoms with Gasteiger partial charge < -0.3 is 0 Å². The first kappa shape index (κ1) is 9.38. The van der Waals surface area contributed by atoms with Gasteiger partial charge in [0.15, 0.2) is 5.16 Å². The van der Waals surface area contributed by atoms with Crippen LogP contribution >= 0.6 is 11.8 Å².